The molecular formula is C15H15N5O2S. The number of nitrogens with zero attached hydrogens (tertiary/aromatic N) is 2. The topological polar surface area (TPSA) is 99.1 Å². The van der Waals surface area contributed by atoms with Crippen molar-refractivity contribution < 1.29 is 9.53 Å². The molecule has 8 heteroatoms. The summed E-state index contributed by atoms with van der Waals surface area (Å²) >= 11 is 1.43. The number of ether oxygens (including phenoxy) is 1. The average molecular weight is 329 g/mol. The van der Waals surface area contributed by atoms with Crippen LogP contribution in [-0.2, 0) is 13.0 Å². The van der Waals surface area contributed by atoms with Gasteiger partial charge < -0.3 is 15.4 Å². The molecule has 0 atom stereocenters. The van der Waals surface area contributed by atoms with Gasteiger partial charge in [0.25, 0.3) is 0 Å². The Kier molecular flexibility index (Phi) is 4.41. The second-order valence-corrected chi connectivity index (χ2v) is 5.99. The van der Waals surface area contributed by atoms with E-state index in [-0.39, 0.29) is 0 Å². The third kappa shape index (κ3) is 3.11. The highest BCUT2D eigenvalue weighted by molar-refractivity contribution is 7.16. The predicted octanol–water partition coefficient (Wildman–Crippen LogP) is 2.31. The summed E-state index contributed by atoms with van der Waals surface area (Å²) in [7, 11) is 1.49. The number of anilines is 2. The highest BCUT2D eigenvalue weighted by Gasteiger charge is 2.21. The van der Waals surface area contributed by atoms with Crippen LogP contribution >= 0.6 is 11.3 Å². The molecular weight excluding hydrogens is 314 g/mol. The van der Waals surface area contributed by atoms with Gasteiger partial charge >= 0.3 is 6.03 Å². The number of hydrogen-bond acceptors (Lipinski definition) is 6. The lowest BCUT2D eigenvalue weighted by Gasteiger charge is -2.11. The highest BCUT2D eigenvalue weighted by atomic mass is 32.1. The number of fused-ring (bicyclic) bond motifs is 1. The van der Waals surface area contributed by atoms with Gasteiger partial charge in [-0.15, -0.1) is 11.3 Å². The van der Waals surface area contributed by atoms with Crippen molar-refractivity contribution in [1.29, 1.82) is 5.26 Å². The van der Waals surface area contributed by atoms with E-state index in [1.165, 1.54) is 18.4 Å². The molecule has 0 bridgehead atoms. The van der Waals surface area contributed by atoms with Gasteiger partial charge in [0.05, 0.1) is 12.7 Å². The van der Waals surface area contributed by atoms with Gasteiger partial charge in [-0.05, 0) is 30.7 Å². The van der Waals surface area contributed by atoms with Crippen LogP contribution in [0.1, 0.15) is 16.0 Å². The summed E-state index contributed by atoms with van der Waals surface area (Å²) in [5.74, 6) is 0.331. The van der Waals surface area contributed by atoms with E-state index in [1.54, 1.807) is 18.3 Å². The fourth-order valence-corrected chi connectivity index (χ4v) is 3.61. The first-order valence-corrected chi connectivity index (χ1v) is 7.87. The molecule has 0 fully saturated rings. The molecule has 0 saturated heterocycles. The van der Waals surface area contributed by atoms with E-state index in [9.17, 15) is 10.1 Å². The van der Waals surface area contributed by atoms with E-state index in [1.807, 2.05) is 0 Å². The molecule has 7 nitrogen and oxygen atoms in total. The Morgan fingerprint density at radius 2 is 2.39 bits per heavy atom. The molecule has 1 aliphatic heterocycles. The third-order valence-electron chi connectivity index (χ3n) is 3.48. The smallest absolute Gasteiger partial charge is 0.324 e. The molecule has 3 rings (SSSR count). The zero-order valence-corrected chi connectivity index (χ0v) is 13.3. The monoisotopic (exact) mass is 329 g/mol. The summed E-state index contributed by atoms with van der Waals surface area (Å²) in [4.78, 5) is 17.3. The van der Waals surface area contributed by atoms with E-state index in [0.717, 1.165) is 30.0 Å². The number of urea groups is 1. The zero-order chi connectivity index (χ0) is 16.2. The van der Waals surface area contributed by atoms with Gasteiger partial charge in [0.15, 0.2) is 0 Å². The normalized spacial score (nSPS) is 12.9. The number of nitrogens with one attached hydrogen (secondary N) is 3. The predicted molar refractivity (Wildman–Crippen MR) is 87.9 cm³/mol. The van der Waals surface area contributed by atoms with Crippen molar-refractivity contribution in [3.05, 3.63) is 34.3 Å². The molecule has 1 aliphatic rings. The Morgan fingerprint density at radius 1 is 1.52 bits per heavy atom. The number of hydrogen-bond donors (Lipinski definition) is 3. The molecule has 23 heavy (non-hydrogen) atoms. The van der Waals surface area contributed by atoms with E-state index in [4.69, 9.17) is 4.74 Å². The van der Waals surface area contributed by atoms with Crippen molar-refractivity contribution >= 4 is 28.1 Å². The van der Waals surface area contributed by atoms with Crippen LogP contribution in [0.5, 0.6) is 5.88 Å². The molecule has 0 unspecified atom stereocenters. The molecule has 0 radical (unpaired) electrons. The first kappa shape index (κ1) is 15.3. The van der Waals surface area contributed by atoms with Gasteiger partial charge in [-0.2, -0.15) is 5.26 Å². The van der Waals surface area contributed by atoms with Gasteiger partial charge in [0.1, 0.15) is 16.8 Å². The number of carbonyl (C=O) groups is 1. The van der Waals surface area contributed by atoms with Crippen molar-refractivity contribution in [2.45, 2.75) is 13.0 Å². The van der Waals surface area contributed by atoms with Crippen molar-refractivity contribution in [3.8, 4) is 11.9 Å². The lowest BCUT2D eigenvalue weighted by atomic mass is 10.1. The van der Waals surface area contributed by atoms with Crippen LogP contribution in [0, 0.1) is 11.3 Å². The Hall–Kier alpha value is -2.63. The van der Waals surface area contributed by atoms with Crippen molar-refractivity contribution in [2.24, 2.45) is 0 Å². The van der Waals surface area contributed by atoms with E-state index in [0.29, 0.717) is 22.1 Å². The lowest BCUT2D eigenvalue weighted by Crippen LogP contribution is -2.22. The van der Waals surface area contributed by atoms with Crippen LogP contribution in [0.4, 0.5) is 15.5 Å². The number of methoxy groups -OCH3 is 1. The standard InChI is InChI=1S/C15H15N5O2S/c1-22-13-11(3-2-5-18-13)19-15(21)20-14-10(7-16)9-4-6-17-8-12(9)23-14/h2-3,5,17H,4,6,8H2,1H3,(H2,19,20,21). The van der Waals surface area contributed by atoms with Gasteiger partial charge in [-0.25, -0.2) is 9.78 Å². The molecule has 118 valence electrons. The molecule has 0 aromatic carbocycles. The first-order chi connectivity index (χ1) is 11.2. The summed E-state index contributed by atoms with van der Waals surface area (Å²) in [5.41, 5.74) is 2.05. The third-order valence-corrected chi connectivity index (χ3v) is 4.63. The molecule has 3 heterocycles. The lowest BCUT2D eigenvalue weighted by molar-refractivity contribution is 0.262. The molecule has 0 aliphatic carbocycles. The maximum Gasteiger partial charge on any atom is 0.324 e. The van der Waals surface area contributed by atoms with E-state index >= 15 is 0 Å². The molecule has 2 aromatic heterocycles. The number of amides is 2. The number of nitriles is 1. The Morgan fingerprint density at radius 3 is 3.17 bits per heavy atom. The Balaban J connectivity index is 1.78. The fourth-order valence-electron chi connectivity index (χ4n) is 2.45. The summed E-state index contributed by atoms with van der Waals surface area (Å²) < 4.78 is 5.10. The van der Waals surface area contributed by atoms with Gasteiger partial charge in [-0.1, -0.05) is 0 Å². The largest absolute Gasteiger partial charge is 0.480 e. The fraction of sp³-hybridized carbons (Fsp3) is 0.267. The van der Waals surface area contributed by atoms with Crippen molar-refractivity contribution in [2.75, 3.05) is 24.3 Å². The maximum absolute atomic E-state index is 12.2. The minimum Gasteiger partial charge on any atom is -0.480 e. The molecule has 0 spiro atoms. The van der Waals surface area contributed by atoms with Crippen LogP contribution < -0.4 is 20.7 Å². The van der Waals surface area contributed by atoms with Crippen molar-refractivity contribution in [3.63, 3.8) is 0 Å². The Labute approximate surface area is 137 Å². The molecule has 3 N–H and O–H groups in total. The van der Waals surface area contributed by atoms with Crippen LogP contribution in [0.25, 0.3) is 0 Å². The number of pyridine rings is 1. The van der Waals surface area contributed by atoms with E-state index in [2.05, 4.69) is 27.0 Å². The number of carbonyl (C=O) groups excluding carboxylic acids is 1. The summed E-state index contributed by atoms with van der Waals surface area (Å²) in [6.07, 6.45) is 2.38. The number of aromatic nitrogens is 1. The minimum atomic E-state index is -0.431. The SMILES string of the molecule is COc1ncccc1NC(=O)Nc1sc2c(c1C#N)CCNC2. The zero-order valence-electron chi connectivity index (χ0n) is 12.5. The van der Waals surface area contributed by atoms with Crippen LogP contribution in [0.2, 0.25) is 0 Å². The van der Waals surface area contributed by atoms with Crippen LogP contribution in [-0.4, -0.2) is 24.7 Å². The average Bonchev–Trinajstić information content (AvgIpc) is 2.92. The van der Waals surface area contributed by atoms with Crippen molar-refractivity contribution in [1.82, 2.24) is 10.3 Å². The minimum absolute atomic E-state index is 0.331. The first-order valence-electron chi connectivity index (χ1n) is 7.05. The summed E-state index contributed by atoms with van der Waals surface area (Å²) in [6.45, 7) is 1.57. The second kappa shape index (κ2) is 6.64. The Bertz CT molecular complexity index is 781. The van der Waals surface area contributed by atoms with E-state index < -0.39 is 6.03 Å². The highest BCUT2D eigenvalue weighted by Crippen LogP contribution is 2.35. The van der Waals surface area contributed by atoms with Gasteiger partial charge in [0.2, 0.25) is 5.88 Å². The summed E-state index contributed by atoms with van der Waals surface area (Å²) in [5, 5.41) is 18.7. The number of rotatable bonds is 3. The molecule has 0 saturated carbocycles. The molecule has 2 aromatic rings. The van der Waals surface area contributed by atoms with Crippen LogP contribution in [0.15, 0.2) is 18.3 Å². The summed E-state index contributed by atoms with van der Waals surface area (Å²) in [6, 6.07) is 5.16. The quantitative estimate of drug-likeness (QED) is 0.802. The maximum atomic E-state index is 12.2. The second-order valence-electron chi connectivity index (χ2n) is 4.89. The molecule has 2 amide bonds. The van der Waals surface area contributed by atoms with Crippen LogP contribution in [0.3, 0.4) is 0 Å². The van der Waals surface area contributed by atoms with Gasteiger partial charge in [-0.3, -0.25) is 5.32 Å². The number of thiophene rings is 1. The van der Waals surface area contributed by atoms with Gasteiger partial charge in [0, 0.05) is 17.6 Å².